The average Bonchev–Trinajstić information content (AvgIpc) is 2.35. The van der Waals surface area contributed by atoms with Crippen LogP contribution >= 0.6 is 0 Å². The van der Waals surface area contributed by atoms with Crippen LogP contribution in [0.5, 0.6) is 0 Å². The molecule has 2 rings (SSSR count). The van der Waals surface area contributed by atoms with Gasteiger partial charge >= 0.3 is 0 Å². The van der Waals surface area contributed by atoms with E-state index in [0.29, 0.717) is 6.54 Å². The van der Waals surface area contributed by atoms with Crippen LogP contribution in [0.25, 0.3) is 6.20 Å². The lowest BCUT2D eigenvalue weighted by atomic mass is 10.6. The third-order valence-corrected chi connectivity index (χ3v) is 1.44. The molecule has 0 saturated heterocycles. The molecular weight excluding hydrogens is 116 g/mol. The fourth-order valence-corrected chi connectivity index (χ4v) is 0.990. The second kappa shape index (κ2) is 1.37. The first-order valence-corrected chi connectivity index (χ1v) is 2.82. The van der Waals surface area contributed by atoms with Gasteiger partial charge < -0.3 is 0 Å². The first kappa shape index (κ1) is 4.61. The van der Waals surface area contributed by atoms with E-state index in [1.54, 1.807) is 21.6 Å². The molecular formula is C6H6N2O. The van der Waals surface area contributed by atoms with Crippen molar-refractivity contribution in [3.63, 3.8) is 0 Å². The Bertz CT molecular complexity index is 305. The highest BCUT2D eigenvalue weighted by Crippen LogP contribution is 1.96. The van der Waals surface area contributed by atoms with Gasteiger partial charge in [0.15, 0.2) is 0 Å². The molecule has 46 valence electrons. The third-order valence-electron chi connectivity index (χ3n) is 1.44. The van der Waals surface area contributed by atoms with E-state index < -0.39 is 0 Å². The predicted molar refractivity (Wildman–Crippen MR) is 34.0 cm³/mol. The molecule has 0 fully saturated rings. The summed E-state index contributed by atoms with van der Waals surface area (Å²) in [6, 6.07) is 1.56. The number of hydrogen-bond acceptors (Lipinski definition) is 1. The number of nitrogens with zero attached hydrogens (tertiary/aromatic N) is 2. The third kappa shape index (κ3) is 0.483. The van der Waals surface area contributed by atoms with E-state index in [-0.39, 0.29) is 5.56 Å². The van der Waals surface area contributed by atoms with Crippen LogP contribution in [-0.2, 0) is 6.54 Å². The lowest BCUT2D eigenvalue weighted by Crippen LogP contribution is -2.15. The highest BCUT2D eigenvalue weighted by Gasteiger charge is 2.01. The van der Waals surface area contributed by atoms with Crippen LogP contribution in [0, 0.1) is 0 Å². The molecule has 0 spiro atoms. The van der Waals surface area contributed by atoms with Gasteiger partial charge in [-0.25, -0.2) is 4.68 Å². The van der Waals surface area contributed by atoms with Crippen molar-refractivity contribution in [2.75, 3.05) is 0 Å². The van der Waals surface area contributed by atoms with Crippen molar-refractivity contribution in [3.05, 3.63) is 28.7 Å². The van der Waals surface area contributed by atoms with Gasteiger partial charge in [0.25, 0.3) is 5.56 Å². The molecule has 0 aliphatic carbocycles. The van der Waals surface area contributed by atoms with Gasteiger partial charge in [-0.3, -0.25) is 9.48 Å². The fourth-order valence-electron chi connectivity index (χ4n) is 0.990. The average molecular weight is 122 g/mol. The summed E-state index contributed by atoms with van der Waals surface area (Å²) < 4.78 is 3.43. The maximum absolute atomic E-state index is 10.8. The molecule has 1 aliphatic rings. The van der Waals surface area contributed by atoms with E-state index in [9.17, 15) is 4.79 Å². The second-order valence-electron chi connectivity index (χ2n) is 2.00. The van der Waals surface area contributed by atoms with Gasteiger partial charge in [-0.05, 0) is 6.08 Å². The molecule has 0 aromatic carbocycles. The van der Waals surface area contributed by atoms with Gasteiger partial charge in [-0.15, -0.1) is 0 Å². The Morgan fingerprint density at radius 2 is 2.44 bits per heavy atom. The maximum atomic E-state index is 10.8. The molecule has 0 saturated carbocycles. The summed E-state index contributed by atoms with van der Waals surface area (Å²) in [5, 5.41) is 0. The van der Waals surface area contributed by atoms with Gasteiger partial charge in [0, 0.05) is 18.5 Å². The minimum Gasteiger partial charge on any atom is -0.268 e. The van der Waals surface area contributed by atoms with Crippen molar-refractivity contribution in [3.8, 4) is 0 Å². The Morgan fingerprint density at radius 3 is 3.22 bits per heavy atom. The Balaban J connectivity index is 2.79. The SMILES string of the molecule is O=c1ccn2n1CC=C2. The number of hydrogen-bond donors (Lipinski definition) is 0. The topological polar surface area (TPSA) is 26.9 Å². The van der Waals surface area contributed by atoms with Crippen molar-refractivity contribution >= 4 is 6.20 Å². The van der Waals surface area contributed by atoms with Crippen LogP contribution in [0.4, 0.5) is 0 Å². The number of aromatic nitrogens is 2. The molecule has 0 unspecified atom stereocenters. The van der Waals surface area contributed by atoms with Crippen molar-refractivity contribution in [1.29, 1.82) is 0 Å². The molecule has 3 nitrogen and oxygen atoms in total. The molecule has 0 radical (unpaired) electrons. The summed E-state index contributed by atoms with van der Waals surface area (Å²) in [7, 11) is 0. The number of fused-ring (bicyclic) bond motifs is 1. The first-order chi connectivity index (χ1) is 4.38. The van der Waals surface area contributed by atoms with Crippen LogP contribution in [0.15, 0.2) is 23.1 Å². The highest BCUT2D eigenvalue weighted by molar-refractivity contribution is 5.24. The minimum absolute atomic E-state index is 0.0694. The maximum Gasteiger partial charge on any atom is 0.267 e. The van der Waals surface area contributed by atoms with Gasteiger partial charge in [0.1, 0.15) is 0 Å². The van der Waals surface area contributed by atoms with Gasteiger partial charge in [0.05, 0.1) is 6.54 Å². The zero-order valence-electron chi connectivity index (χ0n) is 4.82. The molecule has 2 heterocycles. The fraction of sp³-hybridized carbons (Fsp3) is 0.167. The summed E-state index contributed by atoms with van der Waals surface area (Å²) in [6.45, 7) is 0.714. The summed E-state index contributed by atoms with van der Waals surface area (Å²) in [5.41, 5.74) is 0.0694. The summed E-state index contributed by atoms with van der Waals surface area (Å²) in [4.78, 5) is 10.8. The standard InChI is InChI=1S/C6H6N2O/c9-6-2-5-7-3-1-4-8(6)7/h1-3,5H,4H2. The summed E-state index contributed by atoms with van der Waals surface area (Å²) in [6.07, 6.45) is 5.58. The molecule has 9 heavy (non-hydrogen) atoms. The minimum atomic E-state index is 0.0694. The quantitative estimate of drug-likeness (QED) is 0.480. The monoisotopic (exact) mass is 122 g/mol. The van der Waals surface area contributed by atoms with Crippen molar-refractivity contribution in [2.24, 2.45) is 0 Å². The van der Waals surface area contributed by atoms with E-state index in [2.05, 4.69) is 0 Å². The van der Waals surface area contributed by atoms with E-state index in [4.69, 9.17) is 0 Å². The molecule has 0 amide bonds. The summed E-state index contributed by atoms with van der Waals surface area (Å²) >= 11 is 0. The normalized spacial score (nSPS) is 14.2. The van der Waals surface area contributed by atoms with Gasteiger partial charge in [-0.1, -0.05) is 0 Å². The molecule has 0 N–H and O–H groups in total. The molecule has 0 atom stereocenters. The molecule has 1 aromatic heterocycles. The number of rotatable bonds is 0. The Morgan fingerprint density at radius 1 is 1.56 bits per heavy atom. The highest BCUT2D eigenvalue weighted by atomic mass is 16.1. The van der Waals surface area contributed by atoms with Crippen molar-refractivity contribution in [2.45, 2.75) is 6.54 Å². The zero-order valence-corrected chi connectivity index (χ0v) is 4.82. The van der Waals surface area contributed by atoms with Crippen LogP contribution in [0.2, 0.25) is 0 Å². The van der Waals surface area contributed by atoms with Crippen LogP contribution in [-0.4, -0.2) is 9.36 Å². The predicted octanol–water partition coefficient (Wildman–Crippen LogP) is 0.134. The van der Waals surface area contributed by atoms with E-state index >= 15 is 0 Å². The zero-order chi connectivity index (χ0) is 6.27. The lowest BCUT2D eigenvalue weighted by Gasteiger charge is -1.93. The lowest BCUT2D eigenvalue weighted by molar-refractivity contribution is 0.648. The van der Waals surface area contributed by atoms with E-state index in [1.807, 2.05) is 12.3 Å². The first-order valence-electron chi connectivity index (χ1n) is 2.82. The second-order valence-corrected chi connectivity index (χ2v) is 2.00. The van der Waals surface area contributed by atoms with Gasteiger partial charge in [0.2, 0.25) is 0 Å². The van der Waals surface area contributed by atoms with E-state index in [0.717, 1.165) is 0 Å². The number of allylic oxidation sites excluding steroid dienone is 1. The smallest absolute Gasteiger partial charge is 0.267 e. The van der Waals surface area contributed by atoms with Gasteiger partial charge in [-0.2, -0.15) is 0 Å². The van der Waals surface area contributed by atoms with Crippen molar-refractivity contribution in [1.82, 2.24) is 9.36 Å². The largest absolute Gasteiger partial charge is 0.268 e. The molecule has 1 aromatic rings. The Hall–Kier alpha value is -1.25. The van der Waals surface area contributed by atoms with Crippen LogP contribution in [0.1, 0.15) is 0 Å². The Kier molecular flexibility index (Phi) is 0.704. The molecule has 0 bridgehead atoms. The summed E-state index contributed by atoms with van der Waals surface area (Å²) in [5.74, 6) is 0. The van der Waals surface area contributed by atoms with Crippen LogP contribution in [0.3, 0.4) is 0 Å². The van der Waals surface area contributed by atoms with Crippen LogP contribution < -0.4 is 5.56 Å². The van der Waals surface area contributed by atoms with E-state index in [1.165, 1.54) is 0 Å². The molecule has 3 heteroatoms. The Labute approximate surface area is 51.8 Å². The molecule has 1 aliphatic heterocycles. The van der Waals surface area contributed by atoms with Crippen molar-refractivity contribution < 1.29 is 0 Å².